The summed E-state index contributed by atoms with van der Waals surface area (Å²) in [5, 5.41) is 41.9. The maximum absolute atomic E-state index is 11.0. The van der Waals surface area contributed by atoms with Crippen LogP contribution in [0.2, 0.25) is 0 Å². The van der Waals surface area contributed by atoms with Crippen LogP contribution in [0.15, 0.2) is 0 Å². The summed E-state index contributed by atoms with van der Waals surface area (Å²) in [5.74, 6) is 0. The SMILES string of the molecule is CC1(CC2(C)CCCCCCCCCN([C@@H]3O[C@H](CO)[C@@H](O)[C@H](O)[C@H]3O)C2)CCCCCCCCCCCC1. The van der Waals surface area contributed by atoms with Crippen LogP contribution in [0, 0.1) is 10.8 Å². The van der Waals surface area contributed by atoms with Crippen LogP contribution in [-0.2, 0) is 4.74 Å². The zero-order valence-corrected chi connectivity index (χ0v) is 25.5. The highest BCUT2D eigenvalue weighted by atomic mass is 16.6. The van der Waals surface area contributed by atoms with E-state index in [-0.39, 0.29) is 12.0 Å². The molecular weight excluding hydrogens is 490 g/mol. The molecule has 0 aromatic rings. The molecule has 0 amide bonds. The van der Waals surface area contributed by atoms with E-state index < -0.39 is 30.6 Å². The Morgan fingerprint density at radius 1 is 0.590 bits per heavy atom. The molecular formula is C33H63NO5. The van der Waals surface area contributed by atoms with Crippen molar-refractivity contribution in [3.05, 3.63) is 0 Å². The van der Waals surface area contributed by atoms with Crippen LogP contribution < -0.4 is 0 Å². The Kier molecular flexibility index (Phi) is 14.5. The molecule has 4 N–H and O–H groups in total. The molecule has 230 valence electrons. The van der Waals surface area contributed by atoms with E-state index in [9.17, 15) is 20.4 Å². The van der Waals surface area contributed by atoms with Crippen LogP contribution in [0.25, 0.3) is 0 Å². The second kappa shape index (κ2) is 17.0. The Hall–Kier alpha value is -0.240. The third kappa shape index (κ3) is 10.8. The van der Waals surface area contributed by atoms with Gasteiger partial charge in [-0.15, -0.1) is 0 Å². The Bertz CT molecular complexity index is 646. The van der Waals surface area contributed by atoms with Gasteiger partial charge in [0.1, 0.15) is 30.6 Å². The van der Waals surface area contributed by atoms with E-state index in [2.05, 4.69) is 18.7 Å². The third-order valence-corrected chi connectivity index (χ3v) is 10.2. The van der Waals surface area contributed by atoms with Crippen molar-refractivity contribution in [2.75, 3.05) is 19.7 Å². The molecule has 6 atom stereocenters. The van der Waals surface area contributed by atoms with E-state index in [4.69, 9.17) is 4.74 Å². The fourth-order valence-electron chi connectivity index (χ4n) is 7.99. The van der Waals surface area contributed by atoms with E-state index in [0.29, 0.717) is 5.41 Å². The van der Waals surface area contributed by atoms with Crippen LogP contribution in [-0.4, -0.2) is 75.7 Å². The zero-order chi connectivity index (χ0) is 28.1. The summed E-state index contributed by atoms with van der Waals surface area (Å²) in [6.45, 7) is 6.25. The van der Waals surface area contributed by atoms with Crippen LogP contribution in [0.3, 0.4) is 0 Å². The van der Waals surface area contributed by atoms with Crippen molar-refractivity contribution in [3.63, 3.8) is 0 Å². The lowest BCUT2D eigenvalue weighted by atomic mass is 9.66. The molecule has 6 heteroatoms. The lowest BCUT2D eigenvalue weighted by molar-refractivity contribution is -0.268. The van der Waals surface area contributed by atoms with Gasteiger partial charge in [-0.05, 0) is 42.9 Å². The Morgan fingerprint density at radius 3 is 1.51 bits per heavy atom. The minimum atomic E-state index is -1.32. The maximum Gasteiger partial charge on any atom is 0.140 e. The normalized spacial score (nSPS) is 37.8. The minimum Gasteiger partial charge on any atom is -0.394 e. The molecule has 0 bridgehead atoms. The topological polar surface area (TPSA) is 93.4 Å². The van der Waals surface area contributed by atoms with Gasteiger partial charge in [0.25, 0.3) is 0 Å². The number of nitrogens with zero attached hydrogens (tertiary/aromatic N) is 1. The van der Waals surface area contributed by atoms with Crippen molar-refractivity contribution in [1.82, 2.24) is 4.90 Å². The number of hydrogen-bond acceptors (Lipinski definition) is 6. The molecule has 2 aliphatic heterocycles. The van der Waals surface area contributed by atoms with E-state index in [1.807, 2.05) is 0 Å². The average Bonchev–Trinajstić information content (AvgIpc) is 2.92. The number of hydrogen-bond donors (Lipinski definition) is 4. The number of rotatable bonds is 4. The van der Waals surface area contributed by atoms with E-state index in [0.717, 1.165) is 32.4 Å². The fourth-order valence-corrected chi connectivity index (χ4v) is 7.99. The Balaban J connectivity index is 1.80. The smallest absolute Gasteiger partial charge is 0.140 e. The van der Waals surface area contributed by atoms with Gasteiger partial charge in [0.05, 0.1) is 6.61 Å². The summed E-state index contributed by atoms with van der Waals surface area (Å²) in [5.41, 5.74) is 0.377. The standard InChI is InChI=1S/C33H63NO5/c1-32(20-16-12-8-5-3-4-6-9-13-17-21-32)25-33(2)22-18-14-10-7-11-15-19-23-34(26-33)31-30(38)29(37)28(36)27(24-35)39-31/h27-31,35-38H,3-26H2,1-2H3/t27-,28-,29+,30-,31-,33?/m1/s1. The van der Waals surface area contributed by atoms with E-state index >= 15 is 0 Å². The van der Waals surface area contributed by atoms with Crippen LogP contribution >= 0.6 is 0 Å². The lowest BCUT2D eigenvalue weighted by Gasteiger charge is -2.49. The van der Waals surface area contributed by atoms with Gasteiger partial charge >= 0.3 is 0 Å². The van der Waals surface area contributed by atoms with Crippen molar-refractivity contribution in [3.8, 4) is 0 Å². The van der Waals surface area contributed by atoms with Gasteiger partial charge in [-0.25, -0.2) is 0 Å². The molecule has 1 saturated carbocycles. The molecule has 3 fully saturated rings. The first kappa shape index (κ1) is 33.3. The minimum absolute atomic E-state index is 0.0701. The van der Waals surface area contributed by atoms with Gasteiger partial charge in [-0.1, -0.05) is 117 Å². The van der Waals surface area contributed by atoms with Crippen molar-refractivity contribution in [2.45, 2.75) is 179 Å². The lowest BCUT2D eigenvalue weighted by Crippen LogP contribution is -2.64. The highest BCUT2D eigenvalue weighted by Gasteiger charge is 2.47. The second-order valence-corrected chi connectivity index (χ2v) is 14.2. The summed E-state index contributed by atoms with van der Waals surface area (Å²) in [6.07, 6.45) is 21.8. The van der Waals surface area contributed by atoms with Crippen molar-refractivity contribution in [2.24, 2.45) is 10.8 Å². The Morgan fingerprint density at radius 2 is 1.03 bits per heavy atom. The molecule has 2 heterocycles. The molecule has 0 aromatic heterocycles. The Labute approximate surface area is 239 Å². The number of aliphatic hydroxyl groups is 4. The predicted octanol–water partition coefficient (Wildman–Crippen LogP) is 6.32. The van der Waals surface area contributed by atoms with Gasteiger partial charge in [0.2, 0.25) is 0 Å². The maximum atomic E-state index is 11.0. The first-order valence-corrected chi connectivity index (χ1v) is 16.8. The van der Waals surface area contributed by atoms with Gasteiger partial charge in [-0.2, -0.15) is 0 Å². The molecule has 0 spiro atoms. The van der Waals surface area contributed by atoms with Crippen LogP contribution in [0.1, 0.15) is 149 Å². The summed E-state index contributed by atoms with van der Waals surface area (Å²) < 4.78 is 6.12. The monoisotopic (exact) mass is 553 g/mol. The highest BCUT2D eigenvalue weighted by molar-refractivity contribution is 4.95. The molecule has 0 aromatic carbocycles. The van der Waals surface area contributed by atoms with Crippen molar-refractivity contribution >= 4 is 0 Å². The second-order valence-electron chi connectivity index (χ2n) is 14.2. The molecule has 0 radical (unpaired) electrons. The van der Waals surface area contributed by atoms with Crippen molar-refractivity contribution < 1.29 is 25.2 Å². The van der Waals surface area contributed by atoms with E-state index in [1.54, 1.807) is 0 Å². The molecule has 1 unspecified atom stereocenters. The molecule has 3 rings (SSSR count). The zero-order valence-electron chi connectivity index (χ0n) is 25.5. The molecule has 1 aliphatic carbocycles. The summed E-state index contributed by atoms with van der Waals surface area (Å²) in [4.78, 5) is 2.26. The summed E-state index contributed by atoms with van der Waals surface area (Å²) in [6, 6.07) is 0. The first-order valence-electron chi connectivity index (χ1n) is 16.8. The van der Waals surface area contributed by atoms with Gasteiger partial charge in [0, 0.05) is 13.1 Å². The van der Waals surface area contributed by atoms with Crippen molar-refractivity contribution in [1.29, 1.82) is 0 Å². The third-order valence-electron chi connectivity index (χ3n) is 10.2. The largest absolute Gasteiger partial charge is 0.394 e. The predicted molar refractivity (Wildman–Crippen MR) is 159 cm³/mol. The highest BCUT2D eigenvalue weighted by Crippen LogP contribution is 2.46. The van der Waals surface area contributed by atoms with Gasteiger partial charge < -0.3 is 25.2 Å². The van der Waals surface area contributed by atoms with Gasteiger partial charge in [-0.3, -0.25) is 4.90 Å². The van der Waals surface area contributed by atoms with E-state index in [1.165, 1.54) is 116 Å². The first-order chi connectivity index (χ1) is 18.8. The quantitative estimate of drug-likeness (QED) is 0.326. The molecule has 3 aliphatic rings. The van der Waals surface area contributed by atoms with Gasteiger partial charge in [0.15, 0.2) is 0 Å². The number of ether oxygens (including phenoxy) is 1. The summed E-state index contributed by atoms with van der Waals surface area (Å²) >= 11 is 0. The molecule has 2 saturated heterocycles. The number of aliphatic hydroxyl groups excluding tert-OH is 4. The summed E-state index contributed by atoms with van der Waals surface area (Å²) in [7, 11) is 0. The average molecular weight is 554 g/mol. The molecule has 6 nitrogen and oxygen atoms in total. The molecule has 39 heavy (non-hydrogen) atoms. The van der Waals surface area contributed by atoms with Crippen LogP contribution in [0.5, 0.6) is 0 Å². The van der Waals surface area contributed by atoms with Crippen LogP contribution in [0.4, 0.5) is 0 Å². The fraction of sp³-hybridized carbons (Fsp3) is 1.00.